The van der Waals surface area contributed by atoms with Gasteiger partial charge in [-0.1, -0.05) is 26.0 Å². The molecule has 0 aliphatic carbocycles. The smallest absolute Gasteiger partial charge is 0.268 e. The summed E-state index contributed by atoms with van der Waals surface area (Å²) in [6, 6.07) is 13.0. The summed E-state index contributed by atoms with van der Waals surface area (Å²) in [6.45, 7) is 4.81. The largest absolute Gasteiger partial charge is 0.496 e. The normalized spacial score (nSPS) is 10.5. The van der Waals surface area contributed by atoms with Crippen molar-refractivity contribution in [1.82, 2.24) is 4.57 Å². The lowest BCUT2D eigenvalue weighted by Gasteiger charge is -2.16. The van der Waals surface area contributed by atoms with Crippen molar-refractivity contribution in [3.63, 3.8) is 0 Å². The van der Waals surface area contributed by atoms with Crippen LogP contribution in [-0.4, -0.2) is 11.7 Å². The first-order chi connectivity index (χ1) is 10.6. The Morgan fingerprint density at radius 3 is 2.59 bits per heavy atom. The summed E-state index contributed by atoms with van der Waals surface area (Å²) >= 11 is 0. The molecule has 1 heterocycles. The number of benzene rings is 1. The molecule has 0 fully saturated rings. The van der Waals surface area contributed by atoms with Gasteiger partial charge in [-0.2, -0.15) is 5.26 Å². The molecule has 0 atom stereocenters. The zero-order valence-corrected chi connectivity index (χ0v) is 13.2. The summed E-state index contributed by atoms with van der Waals surface area (Å²) in [4.78, 5) is 12.5. The number of pyridine rings is 1. The van der Waals surface area contributed by atoms with Gasteiger partial charge in [0.1, 0.15) is 17.4 Å². The summed E-state index contributed by atoms with van der Waals surface area (Å²) in [5.41, 5.74) is 1.56. The van der Waals surface area contributed by atoms with Gasteiger partial charge in [0.25, 0.3) is 5.56 Å². The number of para-hydroxylation sites is 1. The fourth-order valence-electron chi connectivity index (χ4n) is 2.36. The van der Waals surface area contributed by atoms with Crippen molar-refractivity contribution in [3.05, 3.63) is 52.3 Å². The standard InChI is InChI=1S/C18H20N2O2/c1-13(2)10-11-20-16(9-8-14(12-19)18(20)21)15-6-4-5-7-17(15)22-3/h4-9,13H,10-11H2,1-3H3. The van der Waals surface area contributed by atoms with Crippen molar-refractivity contribution in [2.75, 3.05) is 7.11 Å². The van der Waals surface area contributed by atoms with Crippen molar-refractivity contribution in [1.29, 1.82) is 5.26 Å². The molecule has 0 aliphatic rings. The molecule has 1 aromatic heterocycles. The highest BCUT2D eigenvalue weighted by molar-refractivity contribution is 5.68. The number of nitrogens with zero attached hydrogens (tertiary/aromatic N) is 2. The molecule has 1 aromatic carbocycles. The predicted octanol–water partition coefficient (Wildman–Crippen LogP) is 3.44. The van der Waals surface area contributed by atoms with Crippen molar-refractivity contribution < 1.29 is 4.74 Å². The van der Waals surface area contributed by atoms with Crippen LogP contribution in [0.4, 0.5) is 0 Å². The molecular weight excluding hydrogens is 276 g/mol. The first-order valence-corrected chi connectivity index (χ1v) is 7.35. The molecule has 0 spiro atoms. The second-order valence-corrected chi connectivity index (χ2v) is 5.58. The van der Waals surface area contributed by atoms with Gasteiger partial charge in [-0.3, -0.25) is 4.79 Å². The monoisotopic (exact) mass is 296 g/mol. The van der Waals surface area contributed by atoms with Gasteiger partial charge in [-0.15, -0.1) is 0 Å². The van der Waals surface area contributed by atoms with Crippen LogP contribution in [0.2, 0.25) is 0 Å². The lowest BCUT2D eigenvalue weighted by atomic mass is 10.1. The van der Waals surface area contributed by atoms with Crippen LogP contribution in [0.15, 0.2) is 41.2 Å². The minimum absolute atomic E-state index is 0.169. The lowest BCUT2D eigenvalue weighted by molar-refractivity contribution is 0.415. The molecule has 2 rings (SSSR count). The van der Waals surface area contributed by atoms with Gasteiger partial charge >= 0.3 is 0 Å². The number of ether oxygens (including phenoxy) is 1. The fraction of sp³-hybridized carbons (Fsp3) is 0.333. The van der Waals surface area contributed by atoms with Gasteiger partial charge in [0.15, 0.2) is 0 Å². The predicted molar refractivity (Wildman–Crippen MR) is 86.9 cm³/mol. The molecule has 114 valence electrons. The topological polar surface area (TPSA) is 55.0 Å². The molecule has 0 unspecified atom stereocenters. The van der Waals surface area contributed by atoms with Crippen LogP contribution in [-0.2, 0) is 6.54 Å². The van der Waals surface area contributed by atoms with E-state index in [1.165, 1.54) is 0 Å². The molecule has 0 saturated heterocycles. The maximum atomic E-state index is 12.5. The third-order valence-corrected chi connectivity index (χ3v) is 3.61. The summed E-state index contributed by atoms with van der Waals surface area (Å²) in [5.74, 6) is 1.19. The Balaban J connectivity index is 2.62. The van der Waals surface area contributed by atoms with Crippen molar-refractivity contribution in [3.8, 4) is 23.1 Å². The average Bonchev–Trinajstić information content (AvgIpc) is 2.53. The van der Waals surface area contributed by atoms with Crippen LogP contribution >= 0.6 is 0 Å². The second-order valence-electron chi connectivity index (χ2n) is 5.58. The first kappa shape index (κ1) is 15.8. The Labute approximate surface area is 130 Å². The molecule has 0 amide bonds. The molecular formula is C18H20N2O2. The highest BCUT2D eigenvalue weighted by Crippen LogP contribution is 2.29. The Morgan fingerprint density at radius 1 is 1.23 bits per heavy atom. The summed E-state index contributed by atoms with van der Waals surface area (Å²) in [5, 5.41) is 9.09. The van der Waals surface area contributed by atoms with Crippen LogP contribution in [0, 0.1) is 17.2 Å². The van der Waals surface area contributed by atoms with Gasteiger partial charge in [-0.25, -0.2) is 0 Å². The molecule has 4 nitrogen and oxygen atoms in total. The SMILES string of the molecule is COc1ccccc1-c1ccc(C#N)c(=O)n1CCC(C)C. The highest BCUT2D eigenvalue weighted by atomic mass is 16.5. The molecule has 0 saturated carbocycles. The Bertz CT molecular complexity index is 754. The highest BCUT2D eigenvalue weighted by Gasteiger charge is 2.13. The molecule has 22 heavy (non-hydrogen) atoms. The number of rotatable bonds is 5. The lowest BCUT2D eigenvalue weighted by Crippen LogP contribution is -2.24. The van der Waals surface area contributed by atoms with Gasteiger partial charge in [0, 0.05) is 12.1 Å². The zero-order valence-electron chi connectivity index (χ0n) is 13.2. The number of hydrogen-bond donors (Lipinski definition) is 0. The van der Waals surface area contributed by atoms with Crippen molar-refractivity contribution >= 4 is 0 Å². The molecule has 0 aliphatic heterocycles. The Morgan fingerprint density at radius 2 is 1.95 bits per heavy atom. The Hall–Kier alpha value is -2.54. The van der Waals surface area contributed by atoms with E-state index in [0.717, 1.165) is 17.7 Å². The van der Waals surface area contributed by atoms with E-state index in [1.807, 2.05) is 36.4 Å². The van der Waals surface area contributed by atoms with E-state index in [2.05, 4.69) is 13.8 Å². The van der Waals surface area contributed by atoms with Crippen LogP contribution in [0.3, 0.4) is 0 Å². The van der Waals surface area contributed by atoms with Crippen LogP contribution in [0.25, 0.3) is 11.3 Å². The molecule has 2 aromatic rings. The molecule has 0 bridgehead atoms. The maximum absolute atomic E-state index is 12.5. The van der Waals surface area contributed by atoms with E-state index in [9.17, 15) is 4.79 Å². The molecule has 0 N–H and O–H groups in total. The second kappa shape index (κ2) is 6.95. The van der Waals surface area contributed by atoms with Gasteiger partial charge in [0.05, 0.1) is 12.8 Å². The molecule has 4 heteroatoms. The summed E-state index contributed by atoms with van der Waals surface area (Å²) in [7, 11) is 1.61. The zero-order chi connectivity index (χ0) is 16.1. The maximum Gasteiger partial charge on any atom is 0.268 e. The van der Waals surface area contributed by atoms with E-state index in [4.69, 9.17) is 10.00 Å². The summed E-state index contributed by atoms with van der Waals surface area (Å²) in [6.07, 6.45) is 0.872. The summed E-state index contributed by atoms with van der Waals surface area (Å²) < 4.78 is 7.07. The van der Waals surface area contributed by atoms with Crippen LogP contribution in [0.5, 0.6) is 5.75 Å². The van der Waals surface area contributed by atoms with E-state index >= 15 is 0 Å². The minimum Gasteiger partial charge on any atom is -0.496 e. The van der Waals surface area contributed by atoms with Crippen molar-refractivity contribution in [2.45, 2.75) is 26.8 Å². The first-order valence-electron chi connectivity index (χ1n) is 7.35. The Kier molecular flexibility index (Phi) is 5.00. The number of aromatic nitrogens is 1. The molecule has 0 radical (unpaired) electrons. The quantitative estimate of drug-likeness (QED) is 0.849. The third-order valence-electron chi connectivity index (χ3n) is 3.61. The van der Waals surface area contributed by atoms with Crippen LogP contribution < -0.4 is 10.3 Å². The van der Waals surface area contributed by atoms with E-state index in [1.54, 1.807) is 17.7 Å². The fourth-order valence-corrected chi connectivity index (χ4v) is 2.36. The van der Waals surface area contributed by atoms with Gasteiger partial charge in [0.2, 0.25) is 0 Å². The third kappa shape index (κ3) is 3.20. The number of hydrogen-bond acceptors (Lipinski definition) is 3. The van der Waals surface area contributed by atoms with Gasteiger partial charge < -0.3 is 9.30 Å². The van der Waals surface area contributed by atoms with E-state index in [-0.39, 0.29) is 11.1 Å². The number of methoxy groups -OCH3 is 1. The van der Waals surface area contributed by atoms with E-state index in [0.29, 0.717) is 18.2 Å². The minimum atomic E-state index is -0.244. The van der Waals surface area contributed by atoms with Gasteiger partial charge in [-0.05, 0) is 36.6 Å². The van der Waals surface area contributed by atoms with Crippen molar-refractivity contribution in [2.24, 2.45) is 5.92 Å². The van der Waals surface area contributed by atoms with Crippen LogP contribution in [0.1, 0.15) is 25.8 Å². The number of nitriles is 1. The van der Waals surface area contributed by atoms with E-state index < -0.39 is 0 Å². The average molecular weight is 296 g/mol.